The summed E-state index contributed by atoms with van der Waals surface area (Å²) < 4.78 is 16.3. The lowest BCUT2D eigenvalue weighted by Crippen LogP contribution is -2.29. The van der Waals surface area contributed by atoms with Crippen molar-refractivity contribution in [3.8, 4) is 17.2 Å². The van der Waals surface area contributed by atoms with Crippen molar-refractivity contribution >= 4 is 34.7 Å². The Hall–Kier alpha value is -3.97. The minimum atomic E-state index is -0.965. The molecule has 1 amide bonds. The van der Waals surface area contributed by atoms with Crippen LogP contribution in [0.3, 0.4) is 0 Å². The van der Waals surface area contributed by atoms with Gasteiger partial charge in [-0.05, 0) is 49.2 Å². The summed E-state index contributed by atoms with van der Waals surface area (Å²) in [6.07, 6.45) is 0. The molecule has 0 saturated carbocycles. The molecule has 1 saturated heterocycles. The molecule has 0 aliphatic carbocycles. The van der Waals surface area contributed by atoms with Crippen LogP contribution in [0.15, 0.2) is 60.2 Å². The summed E-state index contributed by atoms with van der Waals surface area (Å²) in [7, 11) is 4.39. The third-order valence-corrected chi connectivity index (χ3v) is 6.39. The van der Waals surface area contributed by atoms with E-state index in [0.29, 0.717) is 22.7 Å². The van der Waals surface area contributed by atoms with Gasteiger partial charge in [0.2, 0.25) is 0 Å². The number of halogens is 1. The van der Waals surface area contributed by atoms with Gasteiger partial charge in [-0.15, -0.1) is 0 Å². The van der Waals surface area contributed by atoms with Crippen LogP contribution in [0.5, 0.6) is 17.2 Å². The van der Waals surface area contributed by atoms with Crippen molar-refractivity contribution in [3.63, 3.8) is 0 Å². The van der Waals surface area contributed by atoms with Crippen molar-refractivity contribution in [3.05, 3.63) is 87.4 Å². The van der Waals surface area contributed by atoms with Gasteiger partial charge in [0.05, 0.1) is 43.5 Å². The van der Waals surface area contributed by atoms with E-state index in [1.807, 2.05) is 32.0 Å². The van der Waals surface area contributed by atoms with Crippen LogP contribution in [-0.2, 0) is 9.59 Å². The molecule has 1 aliphatic heterocycles. The SMILES string of the molecule is COc1cc(OC)c(/C(O)=C2\C(=O)C(=O)N(c3cc(C)cc(C)c3)C2c2ccccc2OC)cc1Cl. The molecule has 1 heterocycles. The highest BCUT2D eigenvalue weighted by Gasteiger charge is 2.48. The minimum absolute atomic E-state index is 0.108. The van der Waals surface area contributed by atoms with Gasteiger partial charge in [-0.25, -0.2) is 0 Å². The van der Waals surface area contributed by atoms with Gasteiger partial charge >= 0.3 is 0 Å². The van der Waals surface area contributed by atoms with Gasteiger partial charge in [-0.2, -0.15) is 0 Å². The second kappa shape index (κ2) is 9.95. The summed E-state index contributed by atoms with van der Waals surface area (Å²) in [4.78, 5) is 28.4. The zero-order valence-electron chi connectivity index (χ0n) is 20.6. The first kappa shape index (κ1) is 25.1. The summed E-state index contributed by atoms with van der Waals surface area (Å²) >= 11 is 6.34. The molecule has 1 fully saturated rings. The molecule has 186 valence electrons. The molecule has 3 aromatic rings. The molecule has 4 rings (SSSR count). The van der Waals surface area contributed by atoms with Crippen LogP contribution in [-0.4, -0.2) is 38.1 Å². The number of hydrogen-bond donors (Lipinski definition) is 1. The van der Waals surface area contributed by atoms with Crippen LogP contribution >= 0.6 is 11.6 Å². The van der Waals surface area contributed by atoms with E-state index < -0.39 is 23.5 Å². The molecule has 1 N–H and O–H groups in total. The Morgan fingerprint density at radius 2 is 1.47 bits per heavy atom. The zero-order chi connectivity index (χ0) is 26.1. The van der Waals surface area contributed by atoms with Crippen molar-refractivity contribution in [1.82, 2.24) is 0 Å². The normalized spacial score (nSPS) is 16.8. The maximum Gasteiger partial charge on any atom is 0.300 e. The highest BCUT2D eigenvalue weighted by Crippen LogP contribution is 2.46. The molecular weight excluding hydrogens is 482 g/mol. The predicted octanol–water partition coefficient (Wildman–Crippen LogP) is 5.61. The molecule has 36 heavy (non-hydrogen) atoms. The Kier molecular flexibility index (Phi) is 6.95. The summed E-state index contributed by atoms with van der Waals surface area (Å²) in [5.41, 5.74) is 2.97. The van der Waals surface area contributed by atoms with E-state index in [1.54, 1.807) is 24.3 Å². The first-order valence-electron chi connectivity index (χ1n) is 11.2. The number of anilines is 1. The number of carbonyl (C=O) groups excluding carboxylic acids is 2. The summed E-state index contributed by atoms with van der Waals surface area (Å²) in [6, 6.07) is 14.7. The van der Waals surface area contributed by atoms with Gasteiger partial charge in [-0.1, -0.05) is 35.9 Å². The minimum Gasteiger partial charge on any atom is -0.507 e. The standard InChI is InChI=1S/C28H26ClNO6/c1-15-10-16(2)12-17(11-15)30-25(18-8-6-7-9-21(18)34-3)24(27(32)28(30)33)26(31)19-13-20(29)23(36-5)14-22(19)35-4/h6-14,25,31H,1-5H3/b26-24+. The zero-order valence-corrected chi connectivity index (χ0v) is 21.3. The summed E-state index contributed by atoms with van der Waals surface area (Å²) in [6.45, 7) is 3.82. The van der Waals surface area contributed by atoms with Gasteiger partial charge in [0.25, 0.3) is 11.7 Å². The lowest BCUT2D eigenvalue weighted by Gasteiger charge is -2.27. The van der Waals surface area contributed by atoms with E-state index in [9.17, 15) is 14.7 Å². The van der Waals surface area contributed by atoms with Gasteiger partial charge in [-0.3, -0.25) is 14.5 Å². The third-order valence-electron chi connectivity index (χ3n) is 6.09. The smallest absolute Gasteiger partial charge is 0.300 e. The highest BCUT2D eigenvalue weighted by molar-refractivity contribution is 6.51. The topological polar surface area (TPSA) is 85.3 Å². The molecule has 8 heteroatoms. The Morgan fingerprint density at radius 3 is 2.08 bits per heavy atom. The van der Waals surface area contributed by atoms with Crippen molar-refractivity contribution in [2.45, 2.75) is 19.9 Å². The molecule has 0 radical (unpaired) electrons. The molecule has 3 aromatic carbocycles. The van der Waals surface area contributed by atoms with Crippen molar-refractivity contribution < 1.29 is 28.9 Å². The molecule has 7 nitrogen and oxygen atoms in total. The molecule has 0 aromatic heterocycles. The second-order valence-corrected chi connectivity index (χ2v) is 8.85. The molecule has 1 unspecified atom stereocenters. The van der Waals surface area contributed by atoms with Crippen LogP contribution in [0.2, 0.25) is 5.02 Å². The lowest BCUT2D eigenvalue weighted by molar-refractivity contribution is -0.132. The van der Waals surface area contributed by atoms with Gasteiger partial charge in [0, 0.05) is 17.3 Å². The maximum absolute atomic E-state index is 13.5. The average molecular weight is 508 g/mol. The number of ketones is 1. The number of benzene rings is 3. The number of amides is 1. The number of aliphatic hydroxyl groups is 1. The fourth-order valence-corrected chi connectivity index (χ4v) is 4.81. The monoisotopic (exact) mass is 507 g/mol. The number of aryl methyl sites for hydroxylation is 2. The number of para-hydroxylation sites is 1. The molecule has 0 spiro atoms. The largest absolute Gasteiger partial charge is 0.507 e. The van der Waals surface area contributed by atoms with E-state index in [2.05, 4.69) is 0 Å². The van der Waals surface area contributed by atoms with Crippen LogP contribution in [0, 0.1) is 13.8 Å². The fourth-order valence-electron chi connectivity index (χ4n) is 4.57. The first-order valence-corrected chi connectivity index (χ1v) is 11.5. The number of ether oxygens (including phenoxy) is 3. The van der Waals surface area contributed by atoms with Crippen molar-refractivity contribution in [2.24, 2.45) is 0 Å². The number of Topliss-reactive ketones (excluding diaryl/α,β-unsaturated/α-hetero) is 1. The van der Waals surface area contributed by atoms with Crippen LogP contribution in [0.1, 0.15) is 28.3 Å². The van der Waals surface area contributed by atoms with E-state index >= 15 is 0 Å². The number of aliphatic hydroxyl groups excluding tert-OH is 1. The summed E-state index contributed by atoms with van der Waals surface area (Å²) in [5, 5.41) is 11.7. The van der Waals surface area contributed by atoms with Crippen molar-refractivity contribution in [2.75, 3.05) is 26.2 Å². The van der Waals surface area contributed by atoms with Crippen molar-refractivity contribution in [1.29, 1.82) is 0 Å². The highest BCUT2D eigenvalue weighted by atomic mass is 35.5. The van der Waals surface area contributed by atoms with E-state index in [0.717, 1.165) is 11.1 Å². The number of rotatable bonds is 6. The Balaban J connectivity index is 2.04. The molecule has 0 bridgehead atoms. The van der Waals surface area contributed by atoms with E-state index in [1.165, 1.54) is 38.4 Å². The van der Waals surface area contributed by atoms with Gasteiger partial charge in [0.15, 0.2) is 0 Å². The Morgan fingerprint density at radius 1 is 0.861 bits per heavy atom. The Labute approximate surface area is 214 Å². The van der Waals surface area contributed by atoms with E-state index in [4.69, 9.17) is 25.8 Å². The van der Waals surface area contributed by atoms with Crippen LogP contribution in [0.4, 0.5) is 5.69 Å². The second-order valence-electron chi connectivity index (χ2n) is 8.44. The number of nitrogens with zero attached hydrogens (tertiary/aromatic N) is 1. The fraction of sp³-hybridized carbons (Fsp3) is 0.214. The number of hydrogen-bond acceptors (Lipinski definition) is 6. The first-order chi connectivity index (χ1) is 17.2. The van der Waals surface area contributed by atoms with Crippen LogP contribution in [0.25, 0.3) is 5.76 Å². The summed E-state index contributed by atoms with van der Waals surface area (Å²) in [5.74, 6) is -0.998. The average Bonchev–Trinajstić information content (AvgIpc) is 3.12. The van der Waals surface area contributed by atoms with E-state index in [-0.39, 0.29) is 21.9 Å². The van der Waals surface area contributed by atoms with Gasteiger partial charge in [0.1, 0.15) is 23.0 Å². The van der Waals surface area contributed by atoms with Gasteiger partial charge < -0.3 is 19.3 Å². The Bertz CT molecular complexity index is 1380. The third kappa shape index (κ3) is 4.27. The lowest BCUT2D eigenvalue weighted by atomic mass is 9.94. The number of methoxy groups -OCH3 is 3. The quantitative estimate of drug-likeness (QED) is 0.265. The molecular formula is C28H26ClNO6. The number of carbonyl (C=O) groups is 2. The maximum atomic E-state index is 13.5. The predicted molar refractivity (Wildman–Crippen MR) is 138 cm³/mol. The molecule has 1 atom stereocenters. The molecule has 1 aliphatic rings. The van der Waals surface area contributed by atoms with Crippen LogP contribution < -0.4 is 19.1 Å².